The predicted octanol–water partition coefficient (Wildman–Crippen LogP) is 3.67. The first-order chi connectivity index (χ1) is 7.08. The summed E-state index contributed by atoms with van der Waals surface area (Å²) in [5.41, 5.74) is 1.05. The molecule has 15 heavy (non-hydrogen) atoms. The molecule has 0 aliphatic heterocycles. The maximum absolute atomic E-state index is 9.02. The van der Waals surface area contributed by atoms with E-state index in [9.17, 15) is 0 Å². The van der Waals surface area contributed by atoms with Crippen molar-refractivity contribution in [2.75, 3.05) is 0 Å². The van der Waals surface area contributed by atoms with Crippen LogP contribution in [0.15, 0.2) is 0 Å². The van der Waals surface area contributed by atoms with Crippen LogP contribution in [0.5, 0.6) is 0 Å². The lowest BCUT2D eigenvalue weighted by molar-refractivity contribution is 0.643. The first-order valence-corrected chi connectivity index (χ1v) is 6.25. The smallest absolute Gasteiger partial charge is 0.0934 e. The van der Waals surface area contributed by atoms with E-state index in [1.807, 2.05) is 6.92 Å². The fourth-order valence-electron chi connectivity index (χ4n) is 1.56. The lowest BCUT2D eigenvalue weighted by Gasteiger charge is -2.02. The van der Waals surface area contributed by atoms with Crippen molar-refractivity contribution in [1.29, 1.82) is 5.26 Å². The lowest BCUT2D eigenvalue weighted by Crippen LogP contribution is -1.92. The summed E-state index contributed by atoms with van der Waals surface area (Å²) >= 11 is 1.71. The summed E-state index contributed by atoms with van der Waals surface area (Å²) < 4.78 is 0. The molecule has 1 atom stereocenters. The highest BCUT2D eigenvalue weighted by molar-refractivity contribution is 7.11. The quantitative estimate of drug-likeness (QED) is 0.779. The van der Waals surface area contributed by atoms with E-state index in [4.69, 9.17) is 5.26 Å². The van der Waals surface area contributed by atoms with E-state index in [2.05, 4.69) is 31.8 Å². The van der Waals surface area contributed by atoms with Gasteiger partial charge < -0.3 is 0 Å². The third-order valence-electron chi connectivity index (χ3n) is 2.34. The highest BCUT2D eigenvalue weighted by atomic mass is 32.1. The van der Waals surface area contributed by atoms with E-state index in [-0.39, 0.29) is 5.92 Å². The molecule has 1 rings (SSSR count). The van der Waals surface area contributed by atoms with Crippen molar-refractivity contribution in [3.8, 4) is 6.07 Å². The molecule has 0 bridgehead atoms. The molecule has 1 aromatic rings. The van der Waals surface area contributed by atoms with Crippen molar-refractivity contribution in [2.45, 2.75) is 46.5 Å². The summed E-state index contributed by atoms with van der Waals surface area (Å²) in [7, 11) is 0. The predicted molar refractivity (Wildman–Crippen MR) is 64.0 cm³/mol. The maximum atomic E-state index is 9.02. The third-order valence-corrected chi connectivity index (χ3v) is 3.63. The summed E-state index contributed by atoms with van der Waals surface area (Å²) in [5.74, 6) is 0.661. The maximum Gasteiger partial charge on any atom is 0.0934 e. The van der Waals surface area contributed by atoms with Crippen LogP contribution in [0.2, 0.25) is 0 Å². The number of aromatic nitrogens is 1. The summed E-state index contributed by atoms with van der Waals surface area (Å²) in [6, 6.07) is 2.35. The van der Waals surface area contributed by atoms with Crippen LogP contribution >= 0.6 is 11.3 Å². The number of hydrogen-bond donors (Lipinski definition) is 0. The Kier molecular flexibility index (Phi) is 4.28. The highest BCUT2D eigenvalue weighted by Gasteiger charge is 2.16. The average Bonchev–Trinajstić information content (AvgIpc) is 2.48. The van der Waals surface area contributed by atoms with Crippen molar-refractivity contribution in [3.05, 3.63) is 15.6 Å². The van der Waals surface area contributed by atoms with Gasteiger partial charge in [-0.1, -0.05) is 20.8 Å². The molecule has 2 nitrogen and oxygen atoms in total. The molecule has 0 saturated carbocycles. The fourth-order valence-corrected chi connectivity index (χ4v) is 2.97. The molecule has 3 heteroatoms. The van der Waals surface area contributed by atoms with Crippen molar-refractivity contribution >= 4 is 11.3 Å². The van der Waals surface area contributed by atoms with Gasteiger partial charge in [0.2, 0.25) is 0 Å². The average molecular weight is 222 g/mol. The number of thiazole rings is 1. The minimum Gasteiger partial charge on any atom is -0.246 e. The van der Waals surface area contributed by atoms with Crippen molar-refractivity contribution in [2.24, 2.45) is 5.92 Å². The van der Waals surface area contributed by atoms with E-state index < -0.39 is 0 Å². The van der Waals surface area contributed by atoms with E-state index >= 15 is 0 Å². The Morgan fingerprint density at radius 1 is 1.47 bits per heavy atom. The molecule has 0 saturated heterocycles. The zero-order valence-electron chi connectivity index (χ0n) is 9.87. The molecule has 0 aliphatic rings. The summed E-state index contributed by atoms with van der Waals surface area (Å²) in [6.07, 6.45) is 1.90. The van der Waals surface area contributed by atoms with Gasteiger partial charge in [0.05, 0.1) is 22.7 Å². The SMILES string of the molecule is CCC(C#N)c1sc(CC(C)C)nc1C. The van der Waals surface area contributed by atoms with Crippen LogP contribution in [-0.4, -0.2) is 4.98 Å². The number of nitriles is 1. The summed E-state index contributed by atoms with van der Waals surface area (Å²) in [4.78, 5) is 5.70. The standard InChI is InChI=1S/C12H18N2S/c1-5-10(7-13)12-9(4)14-11(15-12)6-8(2)3/h8,10H,5-6H2,1-4H3. The second-order valence-corrected chi connectivity index (χ2v) is 5.36. The molecule has 0 fully saturated rings. The Balaban J connectivity index is 2.91. The molecule has 1 aromatic heterocycles. The van der Waals surface area contributed by atoms with Crippen LogP contribution in [0.3, 0.4) is 0 Å². The normalized spacial score (nSPS) is 12.8. The molecule has 0 amide bonds. The zero-order valence-corrected chi connectivity index (χ0v) is 10.7. The lowest BCUT2D eigenvalue weighted by atomic mass is 10.1. The molecule has 0 aromatic carbocycles. The van der Waals surface area contributed by atoms with Gasteiger partial charge in [-0.25, -0.2) is 4.98 Å². The van der Waals surface area contributed by atoms with Crippen LogP contribution in [0, 0.1) is 24.2 Å². The minimum absolute atomic E-state index is 0.0309. The van der Waals surface area contributed by atoms with Crippen molar-refractivity contribution < 1.29 is 0 Å². The molecule has 1 unspecified atom stereocenters. The summed E-state index contributed by atoms with van der Waals surface area (Å²) in [5, 5.41) is 10.2. The van der Waals surface area contributed by atoms with Gasteiger partial charge in [-0.15, -0.1) is 11.3 Å². The van der Waals surface area contributed by atoms with Crippen molar-refractivity contribution in [1.82, 2.24) is 4.98 Å². The molecule has 82 valence electrons. The molecular weight excluding hydrogens is 204 g/mol. The van der Waals surface area contributed by atoms with Gasteiger partial charge in [-0.2, -0.15) is 5.26 Å². The van der Waals surface area contributed by atoms with Gasteiger partial charge in [0.1, 0.15) is 0 Å². The minimum atomic E-state index is 0.0309. The Morgan fingerprint density at radius 2 is 2.13 bits per heavy atom. The van der Waals surface area contributed by atoms with Gasteiger partial charge in [0.15, 0.2) is 0 Å². The molecule has 0 aliphatic carbocycles. The van der Waals surface area contributed by atoms with Crippen LogP contribution in [0.25, 0.3) is 0 Å². The monoisotopic (exact) mass is 222 g/mol. The largest absolute Gasteiger partial charge is 0.246 e. The number of nitrogens with zero attached hydrogens (tertiary/aromatic N) is 2. The Morgan fingerprint density at radius 3 is 2.60 bits per heavy atom. The van der Waals surface area contributed by atoms with Gasteiger partial charge >= 0.3 is 0 Å². The van der Waals surface area contributed by atoms with E-state index in [1.165, 1.54) is 5.01 Å². The first-order valence-electron chi connectivity index (χ1n) is 5.44. The van der Waals surface area contributed by atoms with Gasteiger partial charge in [-0.3, -0.25) is 0 Å². The fraction of sp³-hybridized carbons (Fsp3) is 0.667. The Labute approximate surface area is 96.0 Å². The van der Waals surface area contributed by atoms with E-state index in [1.54, 1.807) is 11.3 Å². The first kappa shape index (κ1) is 12.2. The van der Waals surface area contributed by atoms with Gasteiger partial charge in [0.25, 0.3) is 0 Å². The molecule has 0 spiro atoms. The van der Waals surface area contributed by atoms with Crippen LogP contribution in [-0.2, 0) is 6.42 Å². The van der Waals surface area contributed by atoms with Gasteiger partial charge in [0, 0.05) is 11.3 Å². The van der Waals surface area contributed by atoms with E-state index in [0.29, 0.717) is 5.92 Å². The molecule has 0 radical (unpaired) electrons. The van der Waals surface area contributed by atoms with Crippen LogP contribution in [0.4, 0.5) is 0 Å². The van der Waals surface area contributed by atoms with Gasteiger partial charge in [-0.05, 0) is 19.3 Å². The molecule has 1 heterocycles. The third kappa shape index (κ3) is 3.04. The second-order valence-electron chi connectivity index (χ2n) is 4.25. The van der Waals surface area contributed by atoms with Crippen LogP contribution < -0.4 is 0 Å². The van der Waals surface area contributed by atoms with Crippen molar-refractivity contribution in [3.63, 3.8) is 0 Å². The Bertz CT molecular complexity index is 360. The number of rotatable bonds is 4. The highest BCUT2D eigenvalue weighted by Crippen LogP contribution is 2.29. The number of hydrogen-bond acceptors (Lipinski definition) is 3. The molecular formula is C12H18N2S. The Hall–Kier alpha value is -0.880. The number of aryl methyl sites for hydroxylation is 1. The van der Waals surface area contributed by atoms with E-state index in [0.717, 1.165) is 23.4 Å². The second kappa shape index (κ2) is 5.27. The molecule has 0 N–H and O–H groups in total. The summed E-state index contributed by atoms with van der Waals surface area (Å²) in [6.45, 7) is 8.45. The topological polar surface area (TPSA) is 36.7 Å². The zero-order chi connectivity index (χ0) is 11.4. The van der Waals surface area contributed by atoms with Crippen LogP contribution in [0.1, 0.15) is 48.7 Å².